The van der Waals surface area contributed by atoms with Crippen LogP contribution in [0, 0.1) is 0 Å². The van der Waals surface area contributed by atoms with Gasteiger partial charge in [-0.05, 0) is 42.0 Å². The van der Waals surface area contributed by atoms with Crippen LogP contribution in [0.15, 0.2) is 71.9 Å². The lowest BCUT2D eigenvalue weighted by atomic mass is 10.1. The van der Waals surface area contributed by atoms with Gasteiger partial charge in [-0.3, -0.25) is 9.78 Å². The number of anilines is 1. The highest BCUT2D eigenvalue weighted by Crippen LogP contribution is 2.29. The molecular formula is C22H24N4O5S. The second-order valence-corrected chi connectivity index (χ2v) is 8.55. The first-order valence-electron chi connectivity index (χ1n) is 9.62. The van der Waals surface area contributed by atoms with E-state index in [9.17, 15) is 13.2 Å². The monoisotopic (exact) mass is 456 g/mol. The number of pyridine rings is 1. The molecule has 3 aromatic rings. The average Bonchev–Trinajstić information content (AvgIpc) is 2.82. The van der Waals surface area contributed by atoms with E-state index in [4.69, 9.17) is 15.2 Å². The van der Waals surface area contributed by atoms with Crippen molar-refractivity contribution >= 4 is 21.6 Å². The van der Waals surface area contributed by atoms with Crippen molar-refractivity contribution in [3.05, 3.63) is 78.1 Å². The predicted octanol–water partition coefficient (Wildman–Crippen LogP) is 2.33. The molecule has 10 heteroatoms. The zero-order chi connectivity index (χ0) is 23.1. The highest BCUT2D eigenvalue weighted by atomic mass is 32.2. The van der Waals surface area contributed by atoms with Crippen LogP contribution in [-0.2, 0) is 10.0 Å². The van der Waals surface area contributed by atoms with Gasteiger partial charge in [-0.25, -0.2) is 13.1 Å². The fourth-order valence-electron chi connectivity index (χ4n) is 2.90. The van der Waals surface area contributed by atoms with Crippen LogP contribution in [-0.4, -0.2) is 40.1 Å². The number of hydrogen-bond acceptors (Lipinski definition) is 7. The van der Waals surface area contributed by atoms with Gasteiger partial charge in [0.25, 0.3) is 5.91 Å². The minimum Gasteiger partial charge on any atom is -0.493 e. The molecule has 1 unspecified atom stereocenters. The number of nitrogens with two attached hydrogens (primary N) is 1. The fourth-order valence-corrected chi connectivity index (χ4v) is 3.98. The molecule has 4 N–H and O–H groups in total. The third kappa shape index (κ3) is 5.61. The van der Waals surface area contributed by atoms with Crippen molar-refractivity contribution < 1.29 is 22.7 Å². The number of carbonyl (C=O) groups is 1. The Hall–Kier alpha value is -3.47. The van der Waals surface area contributed by atoms with Crippen LogP contribution in [0.1, 0.15) is 22.0 Å². The SMILES string of the molecule is COc1ccc(S(=O)(=O)NCC(N)c2ccc(C(=O)Nc3ccncc3)cc2)cc1OC. The van der Waals surface area contributed by atoms with E-state index in [-0.39, 0.29) is 17.3 Å². The van der Waals surface area contributed by atoms with Crippen molar-refractivity contribution in [2.75, 3.05) is 26.1 Å². The molecule has 0 fully saturated rings. The number of carbonyl (C=O) groups excluding carboxylic acids is 1. The molecule has 2 aromatic carbocycles. The average molecular weight is 457 g/mol. The van der Waals surface area contributed by atoms with Gasteiger partial charge in [0.15, 0.2) is 11.5 Å². The molecule has 3 rings (SSSR count). The Morgan fingerprint density at radius 1 is 1.00 bits per heavy atom. The van der Waals surface area contributed by atoms with E-state index in [0.717, 1.165) is 0 Å². The van der Waals surface area contributed by atoms with Crippen molar-refractivity contribution in [3.8, 4) is 11.5 Å². The number of ether oxygens (including phenoxy) is 2. The number of aromatic nitrogens is 1. The summed E-state index contributed by atoms with van der Waals surface area (Å²) < 4.78 is 38.0. The van der Waals surface area contributed by atoms with E-state index in [1.807, 2.05) is 0 Å². The molecule has 1 aromatic heterocycles. The summed E-state index contributed by atoms with van der Waals surface area (Å²) in [4.78, 5) is 16.3. The number of amides is 1. The van der Waals surface area contributed by atoms with Crippen LogP contribution in [0.5, 0.6) is 11.5 Å². The summed E-state index contributed by atoms with van der Waals surface area (Å²) in [6.45, 7) is -0.0285. The van der Waals surface area contributed by atoms with Crippen molar-refractivity contribution in [2.45, 2.75) is 10.9 Å². The molecule has 0 aliphatic carbocycles. The summed E-state index contributed by atoms with van der Waals surface area (Å²) in [5.41, 5.74) is 7.92. The minimum atomic E-state index is -3.81. The Bertz CT molecular complexity index is 1170. The maximum Gasteiger partial charge on any atom is 0.255 e. The first-order valence-corrected chi connectivity index (χ1v) is 11.1. The first-order chi connectivity index (χ1) is 15.3. The number of nitrogens with one attached hydrogen (secondary N) is 2. The van der Waals surface area contributed by atoms with Crippen LogP contribution >= 0.6 is 0 Å². The largest absolute Gasteiger partial charge is 0.493 e. The van der Waals surface area contributed by atoms with E-state index < -0.39 is 16.1 Å². The zero-order valence-electron chi connectivity index (χ0n) is 17.6. The molecule has 0 saturated carbocycles. The highest BCUT2D eigenvalue weighted by Gasteiger charge is 2.19. The lowest BCUT2D eigenvalue weighted by Crippen LogP contribution is -2.32. The molecule has 0 saturated heterocycles. The summed E-state index contributed by atoms with van der Waals surface area (Å²) >= 11 is 0. The molecular weight excluding hydrogens is 432 g/mol. The first kappa shape index (κ1) is 23.2. The molecule has 168 valence electrons. The maximum absolute atomic E-state index is 12.6. The van der Waals surface area contributed by atoms with E-state index in [1.165, 1.54) is 32.4 Å². The fraction of sp³-hybridized carbons (Fsp3) is 0.182. The molecule has 1 amide bonds. The molecule has 32 heavy (non-hydrogen) atoms. The van der Waals surface area contributed by atoms with Gasteiger partial charge in [-0.15, -0.1) is 0 Å². The second-order valence-electron chi connectivity index (χ2n) is 6.79. The van der Waals surface area contributed by atoms with Crippen LogP contribution in [0.3, 0.4) is 0 Å². The number of sulfonamides is 1. The van der Waals surface area contributed by atoms with Crippen molar-refractivity contribution in [1.82, 2.24) is 9.71 Å². The lowest BCUT2D eigenvalue weighted by molar-refractivity contribution is 0.102. The van der Waals surface area contributed by atoms with Crippen LogP contribution in [0.25, 0.3) is 0 Å². The zero-order valence-corrected chi connectivity index (χ0v) is 18.4. The molecule has 0 radical (unpaired) electrons. The van der Waals surface area contributed by atoms with Crippen molar-refractivity contribution in [2.24, 2.45) is 5.73 Å². The van der Waals surface area contributed by atoms with E-state index in [0.29, 0.717) is 28.3 Å². The lowest BCUT2D eigenvalue weighted by Gasteiger charge is -2.15. The quantitative estimate of drug-likeness (QED) is 0.450. The van der Waals surface area contributed by atoms with Gasteiger partial charge < -0.3 is 20.5 Å². The Morgan fingerprint density at radius 3 is 2.28 bits per heavy atom. The van der Waals surface area contributed by atoms with Crippen molar-refractivity contribution in [3.63, 3.8) is 0 Å². The molecule has 0 bridgehead atoms. The molecule has 0 aliphatic rings. The second kappa shape index (κ2) is 10.2. The standard InChI is InChI=1S/C22H24N4O5S/c1-30-20-8-7-18(13-21(20)31-2)32(28,29)25-14-19(23)15-3-5-16(6-4-15)22(27)26-17-9-11-24-12-10-17/h3-13,19,25H,14,23H2,1-2H3,(H,24,26,27). The number of methoxy groups -OCH3 is 2. The summed E-state index contributed by atoms with van der Waals surface area (Å²) in [6.07, 6.45) is 3.17. The number of rotatable bonds is 9. The number of benzene rings is 2. The topological polar surface area (TPSA) is 133 Å². The van der Waals surface area contributed by atoms with E-state index in [1.54, 1.807) is 48.8 Å². The third-order valence-electron chi connectivity index (χ3n) is 4.70. The summed E-state index contributed by atoms with van der Waals surface area (Å²) in [6, 6.07) is 13.7. The molecule has 0 aliphatic heterocycles. The normalized spacial score (nSPS) is 12.1. The molecule has 0 spiro atoms. The molecule has 1 heterocycles. The Morgan fingerprint density at radius 2 is 1.66 bits per heavy atom. The van der Waals surface area contributed by atoms with Crippen LogP contribution in [0.2, 0.25) is 0 Å². The summed E-state index contributed by atoms with van der Waals surface area (Å²) in [7, 11) is -0.913. The smallest absolute Gasteiger partial charge is 0.255 e. The maximum atomic E-state index is 12.6. The Labute approximate surface area is 186 Å². The minimum absolute atomic E-state index is 0.0285. The van der Waals surface area contributed by atoms with Gasteiger partial charge in [0.05, 0.1) is 19.1 Å². The van der Waals surface area contributed by atoms with Gasteiger partial charge in [-0.2, -0.15) is 0 Å². The number of nitrogens with zero attached hydrogens (tertiary/aromatic N) is 1. The van der Waals surface area contributed by atoms with Gasteiger partial charge >= 0.3 is 0 Å². The Balaban J connectivity index is 1.63. The van der Waals surface area contributed by atoms with Gasteiger partial charge in [0.2, 0.25) is 10.0 Å². The number of hydrogen-bond donors (Lipinski definition) is 3. The molecule has 1 atom stereocenters. The van der Waals surface area contributed by atoms with Crippen LogP contribution in [0.4, 0.5) is 5.69 Å². The van der Waals surface area contributed by atoms with Gasteiger partial charge in [-0.1, -0.05) is 12.1 Å². The van der Waals surface area contributed by atoms with Gasteiger partial charge in [0, 0.05) is 42.3 Å². The van der Waals surface area contributed by atoms with Gasteiger partial charge in [0.1, 0.15) is 0 Å². The summed E-state index contributed by atoms with van der Waals surface area (Å²) in [5.74, 6) is 0.460. The predicted molar refractivity (Wildman–Crippen MR) is 120 cm³/mol. The van der Waals surface area contributed by atoms with Crippen molar-refractivity contribution in [1.29, 1.82) is 0 Å². The summed E-state index contributed by atoms with van der Waals surface area (Å²) in [5, 5.41) is 2.77. The van der Waals surface area contributed by atoms with E-state index >= 15 is 0 Å². The Kier molecular flexibility index (Phi) is 7.41. The third-order valence-corrected chi connectivity index (χ3v) is 6.12. The van der Waals surface area contributed by atoms with Crippen LogP contribution < -0.4 is 25.2 Å². The van der Waals surface area contributed by atoms with E-state index in [2.05, 4.69) is 15.0 Å². The highest BCUT2D eigenvalue weighted by molar-refractivity contribution is 7.89. The molecule has 9 nitrogen and oxygen atoms in total.